The van der Waals surface area contributed by atoms with E-state index in [4.69, 9.17) is 132 Å². The van der Waals surface area contributed by atoms with E-state index in [9.17, 15) is 108 Å². The first-order valence-corrected chi connectivity index (χ1v) is 43.6. The molecule has 0 spiro atoms. The van der Waals surface area contributed by atoms with Crippen molar-refractivity contribution < 1.29 is 245 Å². The zero-order valence-corrected chi connectivity index (χ0v) is 79.7. The summed E-state index contributed by atoms with van der Waals surface area (Å²) in [5.41, 5.74) is -2.00. The molecule has 0 unspecified atom stereocenters. The number of carbonyl (C=O) groups is 17. The smallest absolute Gasteiger partial charge is 0.411 e. The number of hydrogen-bond donors (Lipinski definition) is 24. The predicted molar refractivity (Wildman–Crippen MR) is 469 cm³/mol. The number of aliphatic carboxylic acids is 8. The lowest BCUT2D eigenvalue weighted by atomic mass is 9.88. The second-order valence-electron chi connectivity index (χ2n) is 30.3. The highest BCUT2D eigenvalue weighted by Gasteiger charge is 2.79. The van der Waals surface area contributed by atoms with E-state index in [2.05, 4.69) is 4.74 Å². The SMILES string of the molecule is C/C(C(=O)O)=C(\C)C(=O)N(CCO)CCO.CC(C)(CCC(=O)N(CCO)CCO)C(=O)O.CC(CO)(CO)CSCCOC(=O)CCC(=O)O.CN(CCOC(=O)CCC(=O)O)CC(C)(CO)CO.O=C(O)C(F)(F)C(F)(F)C(F)(F)C(=O)N(CCO)CCO.O=C(O)CCC(=O)N(CCO)CCO.O=C(O)CCCC(=O)N(CCO)CCO.O=C(O)CCOC(=O)CCC(=O)N(CCO)CCO. The van der Waals surface area contributed by atoms with Crippen molar-refractivity contribution in [2.45, 2.75) is 149 Å². The van der Waals surface area contributed by atoms with Crippen LogP contribution >= 0.6 is 11.8 Å². The minimum absolute atomic E-state index is 0.0362. The number of nitrogens with zero attached hydrogens (tertiary/aromatic N) is 7. The number of aliphatic hydroxyl groups is 16. The molecule has 0 saturated carbocycles. The maximum absolute atomic E-state index is 13.3. The number of esters is 3. The van der Waals surface area contributed by atoms with Crippen LogP contribution in [0.2, 0.25) is 0 Å². The highest BCUT2D eigenvalue weighted by Crippen LogP contribution is 2.47. The lowest BCUT2D eigenvalue weighted by Gasteiger charge is -2.32. The fraction of sp³-hybridized carbons (Fsp3) is 0.765. The summed E-state index contributed by atoms with van der Waals surface area (Å²) in [6.45, 7) is 5.41. The van der Waals surface area contributed by atoms with Gasteiger partial charge in [-0.05, 0) is 47.6 Å². The Labute approximate surface area is 801 Å². The molecule has 139 heavy (non-hydrogen) atoms. The molecule has 0 bridgehead atoms. The van der Waals surface area contributed by atoms with Gasteiger partial charge in [-0.25, -0.2) is 9.59 Å². The standard InChI is InChI=1S/C12H23NO6.C11H19NO7.C11H21NO5.C11H20O6S.C10H17NO5.C9H11F6NO5.C9H17NO5.C8H15NO5/c1-12(8-14,9-15)7-13(2)5-6-19-11(18)4-3-10(16)17;13-6-4-12(5-7-14)9(15)1-2-11(18)19-8-3-10(16)17;1-11(2,10(16)17)4-3-9(15)12(5-7-13)6-8-14;1-11(6-12,7-13)8-18-5-4-17-10(16)3-2-9(14)15;1-7(8(2)10(15)16)9(14)11(3-5-12)4-6-13;10-7(11,5(19)16(1-3-17)2-4-18)9(14,15)8(12,13)6(20)21;11-6-4-10(5-7-12)8(13)2-1-3-9(14)15;10-5-3-9(4-6-11)7(12)1-2-8(13)14/h14-15H,3-9H2,1-2H3,(H,16,17);13-14H,1-8H2,(H,16,17);13-14H,3-8H2,1-2H3,(H,16,17);12-13H,2-8H2,1H3,(H,14,15);12-13H,3-6H2,1-2H3,(H,15,16);17-18H,1-4H2,(H,20,21);11-12H,1-7H2,(H,14,15);10-11H,1-6H2,(H,13,14)/b;;;;8-7-;;;. The summed E-state index contributed by atoms with van der Waals surface area (Å²) < 4.78 is 92.5. The van der Waals surface area contributed by atoms with E-state index < -0.39 is 138 Å². The number of carbonyl (C=O) groups excluding carboxylic acids is 9. The number of ether oxygens (including phenoxy) is 3. The van der Waals surface area contributed by atoms with Crippen LogP contribution in [0.15, 0.2) is 11.1 Å². The minimum Gasteiger partial charge on any atom is -0.481 e. The number of rotatable bonds is 67. The van der Waals surface area contributed by atoms with Gasteiger partial charge in [-0.15, -0.1) is 0 Å². The fourth-order valence-corrected chi connectivity index (χ4v) is 10.5. The quantitative estimate of drug-likeness (QED) is 0.00888. The fourth-order valence-electron chi connectivity index (χ4n) is 9.47. The van der Waals surface area contributed by atoms with E-state index in [1.165, 1.54) is 50.1 Å². The van der Waals surface area contributed by atoms with Crippen molar-refractivity contribution in [1.29, 1.82) is 0 Å². The maximum Gasteiger partial charge on any atom is 0.411 e. The summed E-state index contributed by atoms with van der Waals surface area (Å²) in [6.07, 6.45) is -0.893. The molecule has 0 atom stereocenters. The van der Waals surface area contributed by atoms with Crippen LogP contribution in [-0.4, -0.2) is 511 Å². The third kappa shape index (κ3) is 72.0. The van der Waals surface area contributed by atoms with Crippen molar-refractivity contribution in [2.24, 2.45) is 16.2 Å². The second kappa shape index (κ2) is 83.7. The molecule has 58 heteroatoms. The van der Waals surface area contributed by atoms with Crippen molar-refractivity contribution in [3.8, 4) is 0 Å². The number of aliphatic hydroxyl groups excluding tert-OH is 16. The lowest BCUT2D eigenvalue weighted by molar-refractivity contribution is -0.296. The Hall–Kier alpha value is -10.0. The molecule has 24 N–H and O–H groups in total. The summed E-state index contributed by atoms with van der Waals surface area (Å²) in [4.78, 5) is 193. The Kier molecular flexibility index (Phi) is 87.0. The molecule has 0 aliphatic heterocycles. The number of carboxylic acid groups (broad SMARTS) is 8. The molecule has 0 heterocycles. The van der Waals surface area contributed by atoms with Crippen LogP contribution in [0.4, 0.5) is 26.3 Å². The summed E-state index contributed by atoms with van der Waals surface area (Å²) in [5, 5.41) is 208. The Balaban J connectivity index is -0.000000236. The molecular weight excluding hydrogens is 1920 g/mol. The summed E-state index contributed by atoms with van der Waals surface area (Å²) in [5.74, 6) is -34.6. The molecule has 51 nitrogen and oxygen atoms in total. The Morgan fingerprint density at radius 2 is 0.604 bits per heavy atom. The number of hydrogen-bond acceptors (Lipinski definition) is 38. The molecule has 0 rings (SSSR count). The van der Waals surface area contributed by atoms with Crippen LogP contribution < -0.4 is 0 Å². The molecule has 0 aliphatic carbocycles. The number of thioether (sulfide) groups is 1. The molecule has 0 aliphatic rings. The monoisotopic (exact) mass is 2060 g/mol. The van der Waals surface area contributed by atoms with Gasteiger partial charge in [0.2, 0.25) is 29.5 Å². The molecule has 0 aromatic carbocycles. The van der Waals surface area contributed by atoms with Crippen LogP contribution in [0, 0.1) is 16.2 Å². The van der Waals surface area contributed by atoms with Gasteiger partial charge in [0.15, 0.2) is 0 Å². The Morgan fingerprint density at radius 1 is 0.309 bits per heavy atom. The minimum atomic E-state index is -6.51. The number of halogens is 6. The molecule has 0 fully saturated rings. The van der Waals surface area contributed by atoms with Gasteiger partial charge in [-0.1, -0.05) is 13.8 Å². The van der Waals surface area contributed by atoms with E-state index in [1.54, 1.807) is 34.7 Å². The summed E-state index contributed by atoms with van der Waals surface area (Å²) in [7, 11) is 1.79. The van der Waals surface area contributed by atoms with E-state index in [-0.39, 0.29) is 307 Å². The van der Waals surface area contributed by atoms with Gasteiger partial charge in [0.05, 0.1) is 156 Å². The number of alkyl halides is 6. The van der Waals surface area contributed by atoms with Gasteiger partial charge in [-0.3, -0.25) is 71.9 Å². The molecule has 6 amide bonds. The van der Waals surface area contributed by atoms with Crippen LogP contribution in [0.25, 0.3) is 0 Å². The Bertz CT molecular complexity index is 3540. The van der Waals surface area contributed by atoms with E-state index in [1.807, 2.05) is 4.90 Å². The van der Waals surface area contributed by atoms with Crippen LogP contribution in [0.3, 0.4) is 0 Å². The third-order valence-electron chi connectivity index (χ3n) is 17.9. The molecule has 0 radical (unpaired) electrons. The zero-order valence-electron chi connectivity index (χ0n) is 78.9. The Morgan fingerprint density at radius 3 is 0.921 bits per heavy atom. The number of carboxylic acids is 8. The summed E-state index contributed by atoms with van der Waals surface area (Å²) in [6, 6.07) is 0. The van der Waals surface area contributed by atoms with Crippen molar-refractivity contribution in [3.05, 3.63) is 11.1 Å². The van der Waals surface area contributed by atoms with Gasteiger partial charge in [-0.2, -0.15) is 38.1 Å². The van der Waals surface area contributed by atoms with Crippen molar-refractivity contribution >= 4 is 113 Å². The second-order valence-corrected chi connectivity index (χ2v) is 31.4. The van der Waals surface area contributed by atoms with Crippen LogP contribution in [-0.2, 0) is 95.7 Å². The van der Waals surface area contributed by atoms with E-state index in [0.29, 0.717) is 24.6 Å². The first kappa shape index (κ1) is 144. The maximum atomic E-state index is 13.3. The first-order valence-electron chi connectivity index (χ1n) is 42.4. The van der Waals surface area contributed by atoms with Gasteiger partial charge in [0, 0.05) is 157 Å². The van der Waals surface area contributed by atoms with Crippen molar-refractivity contribution in [1.82, 2.24) is 34.3 Å². The van der Waals surface area contributed by atoms with Crippen molar-refractivity contribution in [3.63, 3.8) is 0 Å². The van der Waals surface area contributed by atoms with Crippen molar-refractivity contribution in [2.75, 3.05) is 236 Å². The summed E-state index contributed by atoms with van der Waals surface area (Å²) >= 11 is 1.46. The van der Waals surface area contributed by atoms with Gasteiger partial charge in [0.25, 0.3) is 5.91 Å². The third-order valence-corrected chi connectivity index (χ3v) is 19.3. The van der Waals surface area contributed by atoms with Gasteiger partial charge >= 0.3 is 83.4 Å². The topological polar surface area (TPSA) is 826 Å². The molecule has 0 aromatic rings. The molecule has 0 saturated heterocycles. The number of amides is 6. The molecule has 0 aromatic heterocycles. The van der Waals surface area contributed by atoms with E-state index in [0.717, 1.165) is 0 Å². The highest BCUT2D eigenvalue weighted by atomic mass is 32.2. The van der Waals surface area contributed by atoms with Crippen LogP contribution in [0.1, 0.15) is 131 Å². The van der Waals surface area contributed by atoms with Crippen LogP contribution in [0.5, 0.6) is 0 Å². The van der Waals surface area contributed by atoms with E-state index >= 15 is 0 Å². The largest absolute Gasteiger partial charge is 0.481 e. The normalized spacial score (nSPS) is 11.2. The van der Waals surface area contributed by atoms with Gasteiger partial charge in [0.1, 0.15) is 19.8 Å². The zero-order chi connectivity index (χ0) is 109. The number of likely N-dealkylation sites (N-methyl/N-ethyl adjacent to an activating group) is 1. The average molecular weight is 2070 g/mol. The lowest BCUT2D eigenvalue weighted by Crippen LogP contribution is -2.64. The van der Waals surface area contributed by atoms with Gasteiger partial charge < -0.3 is 171 Å². The first-order chi connectivity index (χ1) is 64.7. The highest BCUT2D eigenvalue weighted by molar-refractivity contribution is 7.99. The predicted octanol–water partition coefficient (Wildman–Crippen LogP) is -5.55. The molecule has 814 valence electrons. The molecular formula is C81H143F6N7O44S. The average Bonchev–Trinajstić information content (AvgIpc) is 0.745.